The van der Waals surface area contributed by atoms with Crippen molar-refractivity contribution < 1.29 is 10.2 Å². The highest BCUT2D eigenvalue weighted by Crippen LogP contribution is 1.92. The maximum Gasteiger partial charge on any atom is 0.0835 e. The minimum atomic E-state index is -0.00727. The summed E-state index contributed by atoms with van der Waals surface area (Å²) in [7, 11) is 0. The molecule has 0 radical (unpaired) electrons. The normalized spacial score (nSPS) is 36.8. The monoisotopic (exact) mass is 118 g/mol. The van der Waals surface area contributed by atoms with Gasteiger partial charge in [0.05, 0.1) is 25.5 Å². The zero-order valence-electron chi connectivity index (χ0n) is 4.46. The lowest BCUT2D eigenvalue weighted by Crippen LogP contribution is -2.70. The van der Waals surface area contributed by atoms with Crippen LogP contribution in [0.25, 0.3) is 0 Å². The van der Waals surface area contributed by atoms with Crippen LogP contribution >= 0.6 is 0 Å². The molecule has 1 fully saturated rings. The molecule has 0 unspecified atom stereocenters. The smallest absolute Gasteiger partial charge is 0.0835 e. The second-order valence-electron chi connectivity index (χ2n) is 1.80. The van der Waals surface area contributed by atoms with E-state index in [1.54, 1.807) is 0 Å². The van der Waals surface area contributed by atoms with Crippen LogP contribution in [0.1, 0.15) is 0 Å². The number of hydrogen-bond acceptors (Lipinski definition) is 4. The highest BCUT2D eigenvalue weighted by Gasteiger charge is 2.24. The molecule has 1 aliphatic heterocycles. The number of hydrogen-bond donors (Lipinski definition) is 4. The van der Waals surface area contributed by atoms with Crippen LogP contribution in [-0.4, -0.2) is 35.8 Å². The van der Waals surface area contributed by atoms with Crippen molar-refractivity contribution in [2.45, 2.75) is 12.3 Å². The molecule has 0 spiro atoms. The van der Waals surface area contributed by atoms with E-state index in [9.17, 15) is 0 Å². The zero-order valence-corrected chi connectivity index (χ0v) is 4.46. The average molecular weight is 118 g/mol. The van der Waals surface area contributed by atoms with Crippen molar-refractivity contribution in [1.29, 1.82) is 0 Å². The fourth-order valence-electron chi connectivity index (χ4n) is 0.697. The molecule has 0 aromatic rings. The van der Waals surface area contributed by atoms with E-state index in [-0.39, 0.29) is 25.5 Å². The molecule has 1 saturated heterocycles. The molecule has 4 heteroatoms. The summed E-state index contributed by atoms with van der Waals surface area (Å²) in [4.78, 5) is 0. The van der Waals surface area contributed by atoms with Gasteiger partial charge >= 0.3 is 0 Å². The van der Waals surface area contributed by atoms with E-state index in [1.165, 1.54) is 0 Å². The van der Waals surface area contributed by atoms with Crippen molar-refractivity contribution in [2.24, 2.45) is 0 Å². The van der Waals surface area contributed by atoms with Crippen LogP contribution in [0, 0.1) is 0 Å². The summed E-state index contributed by atoms with van der Waals surface area (Å²) >= 11 is 0. The van der Waals surface area contributed by atoms with Gasteiger partial charge in [0.2, 0.25) is 0 Å². The molecular formula is C4H10N2O2. The molecule has 0 amide bonds. The van der Waals surface area contributed by atoms with Crippen molar-refractivity contribution in [3.05, 3.63) is 0 Å². The van der Waals surface area contributed by atoms with Gasteiger partial charge in [-0.1, -0.05) is 0 Å². The molecule has 0 aromatic carbocycles. The van der Waals surface area contributed by atoms with E-state index in [2.05, 4.69) is 10.6 Å². The first-order valence-electron chi connectivity index (χ1n) is 2.60. The molecule has 48 valence electrons. The van der Waals surface area contributed by atoms with Gasteiger partial charge in [-0.2, -0.15) is 0 Å². The Morgan fingerprint density at radius 3 is 1.62 bits per heavy atom. The van der Waals surface area contributed by atoms with Crippen molar-refractivity contribution in [3.63, 3.8) is 0 Å². The second kappa shape index (κ2) is 2.41. The summed E-state index contributed by atoms with van der Waals surface area (Å²) in [5.74, 6) is 0. The quantitative estimate of drug-likeness (QED) is 0.333. The Bertz CT molecular complexity index is 64.4. The molecule has 0 aliphatic carbocycles. The van der Waals surface area contributed by atoms with Gasteiger partial charge in [-0.15, -0.1) is 0 Å². The fraction of sp³-hybridized carbons (Fsp3) is 1.00. The van der Waals surface area contributed by atoms with E-state index in [4.69, 9.17) is 10.2 Å². The Balaban J connectivity index is 2.03. The molecule has 0 bridgehead atoms. The summed E-state index contributed by atoms with van der Waals surface area (Å²) in [6, 6.07) is 0. The van der Waals surface area contributed by atoms with Crippen molar-refractivity contribution in [2.75, 3.05) is 13.2 Å². The molecular weight excluding hydrogens is 108 g/mol. The fourth-order valence-corrected chi connectivity index (χ4v) is 0.697. The highest BCUT2D eigenvalue weighted by molar-refractivity contribution is 4.81. The largest absolute Gasteiger partial charge is 0.393 e. The molecule has 0 atom stereocenters. The maximum absolute atomic E-state index is 8.39. The highest BCUT2D eigenvalue weighted by atomic mass is 16.3. The van der Waals surface area contributed by atoms with E-state index in [0.717, 1.165) is 0 Å². The van der Waals surface area contributed by atoms with Crippen LogP contribution < -0.4 is 10.6 Å². The number of rotatable bonds is 2. The third-order valence-corrected chi connectivity index (χ3v) is 1.17. The lowest BCUT2D eigenvalue weighted by molar-refractivity contribution is 0.0773. The molecule has 1 rings (SSSR count). The van der Waals surface area contributed by atoms with Crippen LogP contribution in [0.15, 0.2) is 0 Å². The first-order valence-corrected chi connectivity index (χ1v) is 2.60. The van der Waals surface area contributed by atoms with Gasteiger partial charge < -0.3 is 10.2 Å². The summed E-state index contributed by atoms with van der Waals surface area (Å²) in [6.45, 7) is 0.160. The summed E-state index contributed by atoms with van der Waals surface area (Å²) in [6.07, 6.45) is -0.0145. The molecule has 0 saturated carbocycles. The van der Waals surface area contributed by atoms with Crippen LogP contribution in [0.2, 0.25) is 0 Å². The predicted octanol–water partition coefficient (Wildman–Crippen LogP) is -2.18. The third-order valence-electron chi connectivity index (χ3n) is 1.17. The van der Waals surface area contributed by atoms with Gasteiger partial charge in [0.1, 0.15) is 0 Å². The topological polar surface area (TPSA) is 64.5 Å². The number of aliphatic hydroxyl groups excluding tert-OH is 2. The Morgan fingerprint density at radius 1 is 1.00 bits per heavy atom. The van der Waals surface area contributed by atoms with Gasteiger partial charge in [0, 0.05) is 0 Å². The van der Waals surface area contributed by atoms with Gasteiger partial charge in [-0.25, -0.2) is 0 Å². The van der Waals surface area contributed by atoms with Crippen LogP contribution in [0.5, 0.6) is 0 Å². The minimum absolute atomic E-state index is 0.00727. The van der Waals surface area contributed by atoms with E-state index in [0.29, 0.717) is 0 Å². The van der Waals surface area contributed by atoms with Gasteiger partial charge in [0.15, 0.2) is 0 Å². The lowest BCUT2D eigenvalue weighted by atomic mass is 10.3. The van der Waals surface area contributed by atoms with E-state index >= 15 is 0 Å². The van der Waals surface area contributed by atoms with Gasteiger partial charge in [0.25, 0.3) is 0 Å². The SMILES string of the molecule is OCC1NC(CO)N1. The maximum atomic E-state index is 8.39. The predicted molar refractivity (Wildman–Crippen MR) is 28.0 cm³/mol. The summed E-state index contributed by atoms with van der Waals surface area (Å²) in [5, 5.41) is 22.5. The summed E-state index contributed by atoms with van der Waals surface area (Å²) < 4.78 is 0. The van der Waals surface area contributed by atoms with Crippen LogP contribution in [0.3, 0.4) is 0 Å². The van der Waals surface area contributed by atoms with Gasteiger partial charge in [-0.3, -0.25) is 10.6 Å². The van der Waals surface area contributed by atoms with Crippen LogP contribution in [-0.2, 0) is 0 Å². The first-order chi connectivity index (χ1) is 3.86. The Morgan fingerprint density at radius 2 is 1.38 bits per heavy atom. The Labute approximate surface area is 47.5 Å². The number of aliphatic hydroxyl groups is 2. The molecule has 1 heterocycles. The molecule has 1 aliphatic rings. The number of nitrogens with one attached hydrogen (secondary N) is 2. The third kappa shape index (κ3) is 0.976. The van der Waals surface area contributed by atoms with Crippen molar-refractivity contribution in [3.8, 4) is 0 Å². The Kier molecular flexibility index (Phi) is 1.80. The average Bonchev–Trinajstić information content (AvgIpc) is 1.65. The molecule has 0 aromatic heterocycles. The molecule has 8 heavy (non-hydrogen) atoms. The van der Waals surface area contributed by atoms with Crippen LogP contribution in [0.4, 0.5) is 0 Å². The minimum Gasteiger partial charge on any atom is -0.393 e. The van der Waals surface area contributed by atoms with Crippen molar-refractivity contribution in [1.82, 2.24) is 10.6 Å². The van der Waals surface area contributed by atoms with Crippen molar-refractivity contribution >= 4 is 0 Å². The standard InChI is InChI=1S/C4H10N2O2/c7-1-3-5-4(2-8)6-3/h3-8H,1-2H2. The zero-order chi connectivity index (χ0) is 5.98. The molecule has 4 N–H and O–H groups in total. The van der Waals surface area contributed by atoms with E-state index < -0.39 is 0 Å². The first kappa shape index (κ1) is 5.97. The van der Waals surface area contributed by atoms with E-state index in [1.807, 2.05) is 0 Å². The Hall–Kier alpha value is -0.160. The molecule has 4 nitrogen and oxygen atoms in total. The lowest BCUT2D eigenvalue weighted by Gasteiger charge is -2.36. The summed E-state index contributed by atoms with van der Waals surface area (Å²) in [5.41, 5.74) is 0. The second-order valence-corrected chi connectivity index (χ2v) is 1.80. The van der Waals surface area contributed by atoms with Gasteiger partial charge in [-0.05, 0) is 0 Å².